The number of ether oxygens (including phenoxy) is 1. The first-order valence-corrected chi connectivity index (χ1v) is 12.3. The summed E-state index contributed by atoms with van der Waals surface area (Å²) in [5, 5.41) is 4.78. The molecule has 2 unspecified atom stereocenters. The van der Waals surface area contributed by atoms with Gasteiger partial charge in [0.25, 0.3) is 0 Å². The van der Waals surface area contributed by atoms with Crippen molar-refractivity contribution in [1.29, 1.82) is 0 Å². The Bertz CT molecular complexity index is 925. The van der Waals surface area contributed by atoms with Crippen molar-refractivity contribution in [3.8, 4) is 5.75 Å². The van der Waals surface area contributed by atoms with Crippen molar-refractivity contribution in [3.63, 3.8) is 0 Å². The fourth-order valence-corrected chi connectivity index (χ4v) is 8.11. The normalized spacial score (nSPS) is 34.3. The molecule has 4 fully saturated rings. The molecule has 0 aromatic heterocycles. The van der Waals surface area contributed by atoms with Crippen LogP contribution >= 0.6 is 27.5 Å². The first-order chi connectivity index (χ1) is 14.2. The van der Waals surface area contributed by atoms with Gasteiger partial charge in [0, 0.05) is 17.1 Å². The van der Waals surface area contributed by atoms with Crippen LogP contribution in [0.3, 0.4) is 0 Å². The summed E-state index contributed by atoms with van der Waals surface area (Å²) in [6, 6.07) is 14.3. The Balaban J connectivity index is 1.23. The second kappa shape index (κ2) is 7.53. The van der Waals surface area contributed by atoms with E-state index in [1.54, 1.807) is 0 Å². The van der Waals surface area contributed by atoms with E-state index >= 15 is 0 Å². The van der Waals surface area contributed by atoms with Gasteiger partial charge >= 0.3 is 0 Å². The molecule has 2 aromatic carbocycles. The van der Waals surface area contributed by atoms with E-state index in [0.29, 0.717) is 23.0 Å². The summed E-state index contributed by atoms with van der Waals surface area (Å²) in [5.41, 5.74) is 3.84. The zero-order valence-corrected chi connectivity index (χ0v) is 20.3. The third kappa shape index (κ3) is 4.18. The summed E-state index contributed by atoms with van der Waals surface area (Å²) in [5.74, 6) is 1.79. The lowest BCUT2D eigenvalue weighted by atomic mass is 9.43. The second-order valence-electron chi connectivity index (χ2n) is 10.9. The van der Waals surface area contributed by atoms with Crippen molar-refractivity contribution in [1.82, 2.24) is 5.32 Å². The zero-order chi connectivity index (χ0) is 21.0. The zero-order valence-electron chi connectivity index (χ0n) is 17.9. The van der Waals surface area contributed by atoms with Crippen molar-refractivity contribution < 1.29 is 4.74 Å². The number of halogens is 2. The lowest BCUT2D eigenvalue weighted by Crippen LogP contribution is -2.63. The van der Waals surface area contributed by atoms with E-state index in [0.717, 1.165) is 33.3 Å². The molecule has 30 heavy (non-hydrogen) atoms. The van der Waals surface area contributed by atoms with Crippen LogP contribution in [0.2, 0.25) is 5.02 Å². The third-order valence-corrected chi connectivity index (χ3v) is 8.47. The van der Waals surface area contributed by atoms with Crippen LogP contribution in [0.1, 0.15) is 63.5 Å². The molecule has 0 spiro atoms. The highest BCUT2D eigenvalue weighted by molar-refractivity contribution is 9.10. The molecule has 6 rings (SSSR count). The summed E-state index contributed by atoms with van der Waals surface area (Å²) < 4.78 is 7.03. The summed E-state index contributed by atoms with van der Waals surface area (Å²) in [6.45, 7) is 6.54. The molecular weight excluding hydrogens is 458 g/mol. The lowest BCUT2D eigenvalue weighted by molar-refractivity contribution is -0.118. The smallest absolute Gasteiger partial charge is 0.134 e. The fraction of sp³-hybridized carbons (Fsp3) is 0.538. The molecule has 0 radical (unpaired) electrons. The predicted molar refractivity (Wildman–Crippen MR) is 127 cm³/mol. The van der Waals surface area contributed by atoms with Crippen LogP contribution in [0, 0.1) is 16.7 Å². The second-order valence-corrected chi connectivity index (χ2v) is 12.2. The van der Waals surface area contributed by atoms with Gasteiger partial charge in [0.15, 0.2) is 0 Å². The van der Waals surface area contributed by atoms with Gasteiger partial charge in [0.1, 0.15) is 12.4 Å². The number of nitrogens with one attached hydrogen (secondary N) is 1. The SMILES string of the molecule is CC12CC3CC(C)(C1)CC(NCc1ccc(OCc4ccc(Cl)cc4)c(Br)c1)(C3)C2. The Kier molecular flexibility index (Phi) is 5.24. The minimum Gasteiger partial charge on any atom is -0.488 e. The van der Waals surface area contributed by atoms with E-state index in [1.807, 2.05) is 24.3 Å². The molecule has 0 amide bonds. The highest BCUT2D eigenvalue weighted by Gasteiger charge is 2.59. The average molecular weight is 489 g/mol. The summed E-state index contributed by atoms with van der Waals surface area (Å²) in [6.07, 6.45) is 8.35. The number of hydrogen-bond acceptors (Lipinski definition) is 2. The molecule has 2 nitrogen and oxygen atoms in total. The molecule has 1 N–H and O–H groups in total. The Morgan fingerprint density at radius 2 is 1.63 bits per heavy atom. The average Bonchev–Trinajstić information content (AvgIpc) is 2.64. The third-order valence-electron chi connectivity index (χ3n) is 7.60. The Morgan fingerprint density at radius 3 is 2.27 bits per heavy atom. The minimum atomic E-state index is 0.332. The van der Waals surface area contributed by atoms with Crippen LogP contribution in [0.15, 0.2) is 46.9 Å². The van der Waals surface area contributed by atoms with E-state index in [4.69, 9.17) is 16.3 Å². The van der Waals surface area contributed by atoms with E-state index in [9.17, 15) is 0 Å². The molecule has 2 atom stereocenters. The molecular formula is C26H31BrClNO. The van der Waals surface area contributed by atoms with Crippen LogP contribution in [-0.2, 0) is 13.2 Å². The molecule has 0 heterocycles. The van der Waals surface area contributed by atoms with Crippen molar-refractivity contribution in [2.24, 2.45) is 16.7 Å². The monoisotopic (exact) mass is 487 g/mol. The molecule has 0 saturated heterocycles. The van der Waals surface area contributed by atoms with Gasteiger partial charge in [-0.2, -0.15) is 0 Å². The van der Waals surface area contributed by atoms with E-state index in [-0.39, 0.29) is 0 Å². The maximum atomic E-state index is 6.01. The van der Waals surface area contributed by atoms with Gasteiger partial charge in [-0.3, -0.25) is 0 Å². The first kappa shape index (κ1) is 20.8. The highest BCUT2D eigenvalue weighted by atomic mass is 79.9. The van der Waals surface area contributed by atoms with E-state index in [1.165, 1.54) is 44.1 Å². The first-order valence-electron chi connectivity index (χ1n) is 11.1. The van der Waals surface area contributed by atoms with Gasteiger partial charge < -0.3 is 10.1 Å². The number of benzene rings is 2. The van der Waals surface area contributed by atoms with Crippen LogP contribution in [0.4, 0.5) is 0 Å². The maximum Gasteiger partial charge on any atom is 0.134 e. The van der Waals surface area contributed by atoms with Crippen LogP contribution < -0.4 is 10.1 Å². The molecule has 4 aliphatic carbocycles. The van der Waals surface area contributed by atoms with Gasteiger partial charge in [0.2, 0.25) is 0 Å². The molecule has 4 aliphatic rings. The van der Waals surface area contributed by atoms with Crippen molar-refractivity contribution in [2.75, 3.05) is 0 Å². The van der Waals surface area contributed by atoms with Crippen LogP contribution in [0.5, 0.6) is 5.75 Å². The quantitative estimate of drug-likeness (QED) is 0.454. The Hall–Kier alpha value is -1.03. The van der Waals surface area contributed by atoms with Crippen molar-refractivity contribution in [3.05, 3.63) is 63.1 Å². The standard InChI is InChI=1S/C26H31BrClNO/c1-24-10-20-11-25(2,15-24)17-26(12-20,16-24)29-13-19-5-8-23(22(27)9-19)30-14-18-3-6-21(28)7-4-18/h3-9,20,29H,10-17H2,1-2H3. The van der Waals surface area contributed by atoms with Crippen LogP contribution in [-0.4, -0.2) is 5.54 Å². The molecule has 4 saturated carbocycles. The largest absolute Gasteiger partial charge is 0.488 e. The molecule has 4 heteroatoms. The van der Waals surface area contributed by atoms with Gasteiger partial charge in [-0.15, -0.1) is 0 Å². The highest BCUT2D eigenvalue weighted by Crippen LogP contribution is 2.66. The molecule has 2 aromatic rings. The topological polar surface area (TPSA) is 21.3 Å². The lowest BCUT2D eigenvalue weighted by Gasteiger charge is -2.65. The van der Waals surface area contributed by atoms with Gasteiger partial charge in [-0.05, 0) is 107 Å². The molecule has 0 aliphatic heterocycles. The summed E-state index contributed by atoms with van der Waals surface area (Å²) >= 11 is 9.67. The van der Waals surface area contributed by atoms with Gasteiger partial charge in [-0.25, -0.2) is 0 Å². The molecule has 4 bridgehead atoms. The Morgan fingerprint density at radius 1 is 0.967 bits per heavy atom. The maximum absolute atomic E-state index is 6.01. The summed E-state index contributed by atoms with van der Waals surface area (Å²) in [7, 11) is 0. The fourth-order valence-electron chi connectivity index (χ4n) is 7.45. The predicted octanol–water partition coefficient (Wildman–Crippen LogP) is 7.52. The van der Waals surface area contributed by atoms with Crippen LogP contribution in [0.25, 0.3) is 0 Å². The van der Waals surface area contributed by atoms with E-state index in [2.05, 4.69) is 53.3 Å². The van der Waals surface area contributed by atoms with Gasteiger partial charge in [-0.1, -0.05) is 43.6 Å². The van der Waals surface area contributed by atoms with Gasteiger partial charge in [0.05, 0.1) is 4.47 Å². The number of hydrogen-bond donors (Lipinski definition) is 1. The van der Waals surface area contributed by atoms with Crippen molar-refractivity contribution in [2.45, 2.75) is 71.1 Å². The molecule has 160 valence electrons. The number of rotatable bonds is 6. The summed E-state index contributed by atoms with van der Waals surface area (Å²) in [4.78, 5) is 0. The minimum absolute atomic E-state index is 0.332. The van der Waals surface area contributed by atoms with Crippen molar-refractivity contribution >= 4 is 27.5 Å². The van der Waals surface area contributed by atoms with E-state index < -0.39 is 0 Å². The Labute approximate surface area is 193 Å².